The van der Waals surface area contributed by atoms with Crippen molar-refractivity contribution >= 4 is 46.6 Å². The van der Waals surface area contributed by atoms with Crippen molar-refractivity contribution in [3.05, 3.63) is 87.0 Å². The number of amides is 2. The van der Waals surface area contributed by atoms with Gasteiger partial charge in [-0.3, -0.25) is 14.5 Å². The van der Waals surface area contributed by atoms with Crippen molar-refractivity contribution in [3.8, 4) is 17.4 Å². The monoisotopic (exact) mass is 464 g/mol. The zero-order valence-electron chi connectivity index (χ0n) is 16.2. The van der Waals surface area contributed by atoms with Crippen molar-refractivity contribution in [1.82, 2.24) is 4.90 Å². The first-order valence-corrected chi connectivity index (χ1v) is 10.4. The molecule has 158 valence electrons. The summed E-state index contributed by atoms with van der Waals surface area (Å²) in [6.45, 7) is -0.00721. The SMILES string of the molecule is N#Cc1ccccc1CN1C(=O)S/C(=C\c2ccc(-c3cc(C(=O)O)ccc3Cl)o2)C1=O. The summed E-state index contributed by atoms with van der Waals surface area (Å²) in [4.78, 5) is 37.7. The van der Waals surface area contributed by atoms with Crippen LogP contribution in [0.4, 0.5) is 4.79 Å². The van der Waals surface area contributed by atoms with Gasteiger partial charge in [-0.15, -0.1) is 0 Å². The molecule has 2 heterocycles. The summed E-state index contributed by atoms with van der Waals surface area (Å²) in [7, 11) is 0. The van der Waals surface area contributed by atoms with E-state index in [1.807, 2.05) is 0 Å². The molecule has 1 aromatic heterocycles. The largest absolute Gasteiger partial charge is 0.478 e. The molecule has 1 saturated heterocycles. The van der Waals surface area contributed by atoms with Gasteiger partial charge in [-0.05, 0) is 53.7 Å². The molecule has 0 atom stereocenters. The second kappa shape index (κ2) is 8.75. The molecule has 0 saturated carbocycles. The number of thioether (sulfide) groups is 1. The Morgan fingerprint density at radius 1 is 1.19 bits per heavy atom. The van der Waals surface area contributed by atoms with E-state index in [-0.39, 0.29) is 17.0 Å². The van der Waals surface area contributed by atoms with E-state index in [4.69, 9.17) is 16.0 Å². The van der Waals surface area contributed by atoms with Crippen molar-refractivity contribution in [3.63, 3.8) is 0 Å². The Morgan fingerprint density at radius 2 is 1.97 bits per heavy atom. The van der Waals surface area contributed by atoms with Gasteiger partial charge in [-0.1, -0.05) is 29.8 Å². The first kappa shape index (κ1) is 21.4. The number of nitrogens with zero attached hydrogens (tertiary/aromatic N) is 2. The Balaban J connectivity index is 1.58. The lowest BCUT2D eigenvalue weighted by Crippen LogP contribution is -2.27. The highest BCUT2D eigenvalue weighted by Gasteiger charge is 2.35. The van der Waals surface area contributed by atoms with E-state index in [9.17, 15) is 24.8 Å². The molecule has 1 aliphatic rings. The van der Waals surface area contributed by atoms with Gasteiger partial charge in [-0.25, -0.2) is 4.79 Å². The molecule has 4 rings (SSSR count). The third-order valence-corrected chi connectivity index (χ3v) is 5.96. The highest BCUT2D eigenvalue weighted by molar-refractivity contribution is 8.18. The van der Waals surface area contributed by atoms with E-state index in [1.54, 1.807) is 36.4 Å². The summed E-state index contributed by atoms with van der Waals surface area (Å²) >= 11 is 6.95. The maximum Gasteiger partial charge on any atom is 0.335 e. The zero-order valence-corrected chi connectivity index (χ0v) is 17.8. The Bertz CT molecular complexity index is 1340. The molecule has 0 unspecified atom stereocenters. The van der Waals surface area contributed by atoms with Crippen molar-refractivity contribution < 1.29 is 23.9 Å². The number of halogens is 1. The van der Waals surface area contributed by atoms with Gasteiger partial charge in [0.2, 0.25) is 0 Å². The summed E-state index contributed by atoms with van der Waals surface area (Å²) < 4.78 is 5.73. The van der Waals surface area contributed by atoms with Gasteiger partial charge in [0, 0.05) is 11.6 Å². The highest BCUT2D eigenvalue weighted by atomic mass is 35.5. The topological polar surface area (TPSA) is 112 Å². The Labute approximate surface area is 191 Å². The van der Waals surface area contributed by atoms with Gasteiger partial charge >= 0.3 is 5.97 Å². The average molecular weight is 465 g/mol. The quantitative estimate of drug-likeness (QED) is 0.502. The maximum absolute atomic E-state index is 12.8. The van der Waals surface area contributed by atoms with Crippen LogP contribution in [0.25, 0.3) is 17.4 Å². The van der Waals surface area contributed by atoms with Crippen molar-refractivity contribution in [2.75, 3.05) is 0 Å². The van der Waals surface area contributed by atoms with Crippen LogP contribution in [-0.2, 0) is 11.3 Å². The average Bonchev–Trinajstić information content (AvgIpc) is 3.34. The van der Waals surface area contributed by atoms with Crippen LogP contribution in [-0.4, -0.2) is 27.1 Å². The summed E-state index contributed by atoms with van der Waals surface area (Å²) in [6, 6.07) is 16.3. The molecule has 2 amide bonds. The predicted octanol–water partition coefficient (Wildman–Crippen LogP) is 5.41. The molecule has 0 aliphatic carbocycles. The van der Waals surface area contributed by atoms with Crippen molar-refractivity contribution in [2.24, 2.45) is 0 Å². The molecular weight excluding hydrogens is 452 g/mol. The van der Waals surface area contributed by atoms with E-state index in [0.29, 0.717) is 33.2 Å². The Kier molecular flexibility index (Phi) is 5.86. The van der Waals surface area contributed by atoms with E-state index in [2.05, 4.69) is 6.07 Å². The minimum Gasteiger partial charge on any atom is -0.478 e. The standard InChI is InChI=1S/C23H13ClN2O5S/c24-18-7-5-13(22(28)29)9-17(18)19-8-6-16(31-19)10-20-21(27)26(23(30)32-20)12-15-4-2-1-3-14(15)11-25/h1-10H,12H2,(H,28,29)/b20-10-. The fourth-order valence-electron chi connectivity index (χ4n) is 3.13. The van der Waals surface area contributed by atoms with Gasteiger partial charge in [0.25, 0.3) is 11.1 Å². The molecule has 1 fully saturated rings. The second-order valence-electron chi connectivity index (χ2n) is 6.74. The molecule has 7 nitrogen and oxygen atoms in total. The number of carbonyl (C=O) groups excluding carboxylic acids is 2. The number of carboxylic acids is 1. The lowest BCUT2D eigenvalue weighted by atomic mass is 10.1. The van der Waals surface area contributed by atoms with Crippen LogP contribution in [0.5, 0.6) is 0 Å². The van der Waals surface area contributed by atoms with E-state index < -0.39 is 17.1 Å². The Morgan fingerprint density at radius 3 is 2.72 bits per heavy atom. The number of carboxylic acid groups (broad SMARTS) is 1. The number of furan rings is 1. The fraction of sp³-hybridized carbons (Fsp3) is 0.0435. The molecule has 3 aromatic rings. The maximum atomic E-state index is 12.8. The predicted molar refractivity (Wildman–Crippen MR) is 119 cm³/mol. The van der Waals surface area contributed by atoms with Crippen LogP contribution < -0.4 is 0 Å². The van der Waals surface area contributed by atoms with Gasteiger partial charge in [-0.2, -0.15) is 5.26 Å². The highest BCUT2D eigenvalue weighted by Crippen LogP contribution is 2.35. The van der Waals surface area contributed by atoms with Gasteiger partial charge in [0.1, 0.15) is 11.5 Å². The molecule has 0 radical (unpaired) electrons. The zero-order chi connectivity index (χ0) is 22.8. The molecule has 2 aromatic carbocycles. The number of carbonyl (C=O) groups is 3. The minimum atomic E-state index is -1.10. The van der Waals surface area contributed by atoms with E-state index in [0.717, 1.165) is 16.7 Å². The number of rotatable bonds is 5. The molecule has 0 bridgehead atoms. The summed E-state index contributed by atoms with van der Waals surface area (Å²) in [5, 5.41) is 18.3. The van der Waals surface area contributed by atoms with Crippen LogP contribution in [0.2, 0.25) is 5.02 Å². The molecule has 1 aliphatic heterocycles. The third-order valence-electron chi connectivity index (χ3n) is 4.72. The fourth-order valence-corrected chi connectivity index (χ4v) is 4.15. The van der Waals surface area contributed by atoms with Gasteiger partial charge < -0.3 is 9.52 Å². The van der Waals surface area contributed by atoms with Gasteiger partial charge in [0.15, 0.2) is 0 Å². The lowest BCUT2D eigenvalue weighted by molar-refractivity contribution is -0.123. The normalized spacial score (nSPS) is 14.8. The number of aromatic carboxylic acids is 1. The lowest BCUT2D eigenvalue weighted by Gasteiger charge is -2.13. The second-order valence-corrected chi connectivity index (χ2v) is 8.14. The van der Waals surface area contributed by atoms with Crippen LogP contribution in [0.1, 0.15) is 27.2 Å². The molecule has 9 heteroatoms. The first-order valence-electron chi connectivity index (χ1n) is 9.24. The number of hydrogen-bond acceptors (Lipinski definition) is 6. The minimum absolute atomic E-state index is 0.00721. The summed E-state index contributed by atoms with van der Waals surface area (Å²) in [6.07, 6.45) is 1.44. The molecule has 0 spiro atoms. The van der Waals surface area contributed by atoms with Crippen LogP contribution in [0.15, 0.2) is 63.9 Å². The number of imide groups is 1. The number of nitriles is 1. The first-order chi connectivity index (χ1) is 15.4. The number of hydrogen-bond donors (Lipinski definition) is 1. The molecule has 32 heavy (non-hydrogen) atoms. The van der Waals surface area contributed by atoms with E-state index >= 15 is 0 Å². The number of benzene rings is 2. The molecular formula is C23H13ClN2O5S. The van der Waals surface area contributed by atoms with E-state index in [1.165, 1.54) is 24.3 Å². The molecule has 1 N–H and O–H groups in total. The van der Waals surface area contributed by atoms with Crippen LogP contribution >= 0.6 is 23.4 Å². The summed E-state index contributed by atoms with van der Waals surface area (Å²) in [5.41, 5.74) is 1.42. The Hall–Kier alpha value is -3.80. The smallest absolute Gasteiger partial charge is 0.335 e. The van der Waals surface area contributed by atoms with Crippen LogP contribution in [0, 0.1) is 11.3 Å². The summed E-state index contributed by atoms with van der Waals surface area (Å²) in [5.74, 6) is -0.954. The third kappa shape index (κ3) is 4.17. The van der Waals surface area contributed by atoms with Crippen molar-refractivity contribution in [2.45, 2.75) is 6.54 Å². The van der Waals surface area contributed by atoms with Crippen LogP contribution in [0.3, 0.4) is 0 Å². The van der Waals surface area contributed by atoms with Crippen molar-refractivity contribution in [1.29, 1.82) is 5.26 Å². The van der Waals surface area contributed by atoms with Gasteiger partial charge in [0.05, 0.1) is 33.7 Å².